The molecule has 0 aliphatic carbocycles. The van der Waals surface area contributed by atoms with Gasteiger partial charge >= 0.3 is 6.18 Å². The van der Waals surface area contributed by atoms with Crippen LogP contribution in [-0.2, 0) is 15.8 Å². The second-order valence-corrected chi connectivity index (χ2v) is 4.66. The van der Waals surface area contributed by atoms with E-state index in [1.165, 1.54) is 17.0 Å². The molecule has 0 saturated carbocycles. The van der Waals surface area contributed by atoms with Crippen molar-refractivity contribution in [2.24, 2.45) is 0 Å². The van der Waals surface area contributed by atoms with Gasteiger partial charge in [0.1, 0.15) is 12.1 Å². The maximum atomic E-state index is 12.7. The summed E-state index contributed by atoms with van der Waals surface area (Å²) in [6.45, 7) is 3.08. The van der Waals surface area contributed by atoms with Crippen LogP contribution in [-0.4, -0.2) is 23.9 Å². The third-order valence-corrected chi connectivity index (χ3v) is 3.31. The molecule has 0 bridgehead atoms. The van der Waals surface area contributed by atoms with E-state index in [9.17, 15) is 22.8 Å². The molecule has 4 nitrogen and oxygen atoms in total. The third kappa shape index (κ3) is 2.48. The highest BCUT2D eigenvalue weighted by Crippen LogP contribution is 2.33. The predicted octanol–water partition coefficient (Wildman–Crippen LogP) is 1.95. The standard InChI is InChI=1S/C13H13F3N2O2/c1-7-11(19)17-12(20)8(2)18(7)10-5-3-4-9(6-10)13(14,15)16/h3-8H,1-2H3,(H,17,19,20). The van der Waals surface area contributed by atoms with Crippen LogP contribution in [0.25, 0.3) is 0 Å². The second-order valence-electron chi connectivity index (χ2n) is 4.66. The number of halogens is 3. The van der Waals surface area contributed by atoms with E-state index in [0.29, 0.717) is 0 Å². The first-order chi connectivity index (χ1) is 9.21. The molecule has 0 spiro atoms. The molecule has 1 heterocycles. The van der Waals surface area contributed by atoms with Gasteiger partial charge in [-0.15, -0.1) is 0 Å². The molecule has 1 aliphatic rings. The topological polar surface area (TPSA) is 49.4 Å². The van der Waals surface area contributed by atoms with Crippen molar-refractivity contribution in [2.75, 3.05) is 4.90 Å². The number of nitrogens with one attached hydrogen (secondary N) is 1. The van der Waals surface area contributed by atoms with E-state index in [2.05, 4.69) is 5.32 Å². The Morgan fingerprint density at radius 3 is 2.15 bits per heavy atom. The highest BCUT2D eigenvalue weighted by Gasteiger charge is 2.38. The van der Waals surface area contributed by atoms with Gasteiger partial charge in [-0.25, -0.2) is 0 Å². The fraction of sp³-hybridized carbons (Fsp3) is 0.385. The third-order valence-electron chi connectivity index (χ3n) is 3.31. The normalized spacial score (nSPS) is 23.8. The van der Waals surface area contributed by atoms with Crippen molar-refractivity contribution in [3.63, 3.8) is 0 Å². The Bertz CT molecular complexity index is 537. The van der Waals surface area contributed by atoms with E-state index < -0.39 is 35.6 Å². The highest BCUT2D eigenvalue weighted by atomic mass is 19.4. The zero-order chi connectivity index (χ0) is 15.1. The lowest BCUT2D eigenvalue weighted by molar-refractivity contribution is -0.137. The molecular formula is C13H13F3N2O2. The molecule has 108 valence electrons. The number of hydrogen-bond acceptors (Lipinski definition) is 3. The lowest BCUT2D eigenvalue weighted by Gasteiger charge is -2.38. The van der Waals surface area contributed by atoms with Crippen molar-refractivity contribution in [3.8, 4) is 0 Å². The van der Waals surface area contributed by atoms with Gasteiger partial charge in [0, 0.05) is 5.69 Å². The molecule has 1 aromatic rings. The summed E-state index contributed by atoms with van der Waals surface area (Å²) in [7, 11) is 0. The fourth-order valence-electron chi connectivity index (χ4n) is 2.21. The molecule has 20 heavy (non-hydrogen) atoms. The summed E-state index contributed by atoms with van der Waals surface area (Å²) in [5.41, 5.74) is -0.615. The number of piperazine rings is 1. The fourth-order valence-corrected chi connectivity index (χ4v) is 2.21. The van der Waals surface area contributed by atoms with E-state index in [1.807, 2.05) is 0 Å². The highest BCUT2D eigenvalue weighted by molar-refractivity contribution is 6.06. The summed E-state index contributed by atoms with van der Waals surface area (Å²) in [5.74, 6) is -1.05. The summed E-state index contributed by atoms with van der Waals surface area (Å²) in [6, 6.07) is 3.17. The van der Waals surface area contributed by atoms with Crippen LogP contribution in [0.5, 0.6) is 0 Å². The summed E-state index contributed by atoms with van der Waals surface area (Å²) in [6.07, 6.45) is -4.47. The Morgan fingerprint density at radius 1 is 1.10 bits per heavy atom. The lowest BCUT2D eigenvalue weighted by Crippen LogP contribution is -2.61. The van der Waals surface area contributed by atoms with Crippen molar-refractivity contribution in [1.29, 1.82) is 0 Å². The molecular weight excluding hydrogens is 273 g/mol. The zero-order valence-electron chi connectivity index (χ0n) is 10.9. The molecule has 1 aliphatic heterocycles. The van der Waals surface area contributed by atoms with Crippen molar-refractivity contribution in [3.05, 3.63) is 29.8 Å². The molecule has 2 unspecified atom stereocenters. The molecule has 2 rings (SSSR count). The average Bonchev–Trinajstić information content (AvgIpc) is 2.36. The van der Waals surface area contributed by atoms with Crippen LogP contribution in [0.3, 0.4) is 0 Å². The number of hydrogen-bond donors (Lipinski definition) is 1. The number of anilines is 1. The molecule has 0 aromatic heterocycles. The molecule has 2 atom stereocenters. The molecule has 7 heteroatoms. The Labute approximate surface area is 113 Å². The minimum atomic E-state index is -4.47. The van der Waals surface area contributed by atoms with Crippen LogP contribution in [0.15, 0.2) is 24.3 Å². The number of nitrogens with zero attached hydrogens (tertiary/aromatic N) is 1. The number of alkyl halides is 3. The van der Waals surface area contributed by atoms with Crippen LogP contribution in [0.1, 0.15) is 19.4 Å². The summed E-state index contributed by atoms with van der Waals surface area (Å²) >= 11 is 0. The Morgan fingerprint density at radius 2 is 1.65 bits per heavy atom. The number of carbonyl (C=O) groups excluding carboxylic acids is 2. The van der Waals surface area contributed by atoms with Crippen LogP contribution in [0, 0.1) is 0 Å². The lowest BCUT2D eigenvalue weighted by atomic mass is 10.1. The molecule has 0 radical (unpaired) electrons. The van der Waals surface area contributed by atoms with Gasteiger partial charge in [-0.1, -0.05) is 6.07 Å². The van der Waals surface area contributed by atoms with Crippen LogP contribution in [0.4, 0.5) is 18.9 Å². The molecule has 1 aromatic carbocycles. The number of rotatable bonds is 1. The van der Waals surface area contributed by atoms with E-state index in [4.69, 9.17) is 0 Å². The van der Waals surface area contributed by atoms with E-state index in [1.54, 1.807) is 13.8 Å². The van der Waals surface area contributed by atoms with Gasteiger partial charge < -0.3 is 4.90 Å². The van der Waals surface area contributed by atoms with Crippen LogP contribution in [0.2, 0.25) is 0 Å². The van der Waals surface area contributed by atoms with Crippen molar-refractivity contribution in [1.82, 2.24) is 5.32 Å². The summed E-state index contributed by atoms with van der Waals surface area (Å²) in [5, 5.41) is 2.18. The van der Waals surface area contributed by atoms with Crippen LogP contribution >= 0.6 is 0 Å². The number of amides is 2. The predicted molar refractivity (Wildman–Crippen MR) is 66.0 cm³/mol. The number of benzene rings is 1. The van der Waals surface area contributed by atoms with Gasteiger partial charge in [0.15, 0.2) is 0 Å². The smallest absolute Gasteiger partial charge is 0.348 e. The summed E-state index contributed by atoms with van der Waals surface area (Å²) < 4.78 is 38.2. The SMILES string of the molecule is CC1C(=O)NC(=O)C(C)N1c1cccc(C(F)(F)F)c1. The van der Waals surface area contributed by atoms with Gasteiger partial charge in [0.25, 0.3) is 0 Å². The number of imide groups is 1. The maximum absolute atomic E-state index is 12.7. The number of carbonyl (C=O) groups is 2. The van der Waals surface area contributed by atoms with Gasteiger partial charge in [-0.3, -0.25) is 14.9 Å². The molecule has 2 amide bonds. The van der Waals surface area contributed by atoms with Crippen molar-refractivity contribution < 1.29 is 22.8 Å². The first kappa shape index (κ1) is 14.4. The monoisotopic (exact) mass is 286 g/mol. The minimum absolute atomic E-state index is 0.197. The Kier molecular flexibility index (Phi) is 3.45. The van der Waals surface area contributed by atoms with Gasteiger partial charge in [0.2, 0.25) is 11.8 Å². The second kappa shape index (κ2) is 4.81. The maximum Gasteiger partial charge on any atom is 0.416 e. The minimum Gasteiger partial charge on any atom is -0.348 e. The van der Waals surface area contributed by atoms with Crippen molar-refractivity contribution >= 4 is 17.5 Å². The van der Waals surface area contributed by atoms with Crippen LogP contribution < -0.4 is 10.2 Å². The first-order valence-corrected chi connectivity index (χ1v) is 6.02. The van der Waals surface area contributed by atoms with Crippen molar-refractivity contribution in [2.45, 2.75) is 32.1 Å². The molecule has 1 N–H and O–H groups in total. The van der Waals surface area contributed by atoms with Gasteiger partial charge in [-0.05, 0) is 32.0 Å². The van der Waals surface area contributed by atoms with Gasteiger partial charge in [0.05, 0.1) is 5.56 Å². The molecule has 1 saturated heterocycles. The Hall–Kier alpha value is -2.05. The quantitative estimate of drug-likeness (QED) is 0.803. The van der Waals surface area contributed by atoms with E-state index in [-0.39, 0.29) is 5.69 Å². The largest absolute Gasteiger partial charge is 0.416 e. The van der Waals surface area contributed by atoms with Gasteiger partial charge in [-0.2, -0.15) is 13.2 Å². The van der Waals surface area contributed by atoms with E-state index >= 15 is 0 Å². The molecule has 1 fully saturated rings. The summed E-state index contributed by atoms with van der Waals surface area (Å²) in [4.78, 5) is 24.6. The average molecular weight is 286 g/mol. The zero-order valence-corrected chi connectivity index (χ0v) is 10.9. The first-order valence-electron chi connectivity index (χ1n) is 6.02. The Balaban J connectivity index is 2.43. The van der Waals surface area contributed by atoms with E-state index in [0.717, 1.165) is 12.1 Å².